The van der Waals surface area contributed by atoms with Crippen LogP contribution in [0.3, 0.4) is 0 Å². The number of halogens is 1. The second-order valence-corrected chi connectivity index (χ2v) is 14.0. The molecular weight excluding hydrogens is 559 g/mol. The topological polar surface area (TPSA) is 82.3 Å². The van der Waals surface area contributed by atoms with Crippen molar-refractivity contribution in [1.82, 2.24) is 7.43 Å². The average Bonchev–Trinajstić information content (AvgIpc) is 3.74. The van der Waals surface area contributed by atoms with Gasteiger partial charge in [0.25, 0.3) is 0 Å². The largest absolute Gasteiger partial charge is 0.721 e. The molecule has 42 heavy (non-hydrogen) atoms. The second kappa shape index (κ2) is 8.33. The van der Waals surface area contributed by atoms with Crippen LogP contribution < -0.4 is 0 Å². The molecule has 1 aromatic heterocycles. The third-order valence-electron chi connectivity index (χ3n) is 8.98. The molecule has 1 fully saturated rings. The molecule has 6 heterocycles. The first-order chi connectivity index (χ1) is 20.7. The molecule has 6 bridgehead atoms. The highest BCUT2D eigenvalue weighted by Crippen LogP contribution is 2.45. The van der Waals surface area contributed by atoms with E-state index in [-0.39, 0.29) is 23.7 Å². The minimum absolute atomic E-state index is 0.00415. The number of allylic oxidation sites excluding steroid dienone is 4. The van der Waals surface area contributed by atoms with Gasteiger partial charge in [0.2, 0.25) is 0 Å². The van der Waals surface area contributed by atoms with Crippen LogP contribution in [0.4, 0.5) is 11.6 Å². The fourth-order valence-corrected chi connectivity index (χ4v) is 10.1. The maximum atomic E-state index is 7.79. The average molecular weight is 579 g/mol. The van der Waals surface area contributed by atoms with Crippen LogP contribution in [0.1, 0.15) is 11.1 Å². The van der Waals surface area contributed by atoms with Crippen LogP contribution in [0, 0.1) is 23.7 Å². The number of hydrogen-bond donors (Lipinski definition) is 0. The predicted octanol–water partition coefficient (Wildman–Crippen LogP) is 5.85. The molecule has 10 rings (SSSR count). The van der Waals surface area contributed by atoms with Crippen LogP contribution in [0.2, 0.25) is 0 Å². The fraction of sp³-hybridized carbons (Fsp3) is 0.125. The van der Waals surface area contributed by atoms with Gasteiger partial charge in [-0.3, -0.25) is 0 Å². The van der Waals surface area contributed by atoms with Crippen LogP contribution in [0.25, 0.3) is 10.8 Å². The molecule has 0 radical (unpaired) electrons. The lowest BCUT2D eigenvalue weighted by Gasteiger charge is -2.26. The van der Waals surface area contributed by atoms with E-state index in [1.807, 2.05) is 24.3 Å². The van der Waals surface area contributed by atoms with Crippen LogP contribution in [-0.2, 0) is 0 Å². The molecule has 10 heteroatoms. The summed E-state index contributed by atoms with van der Waals surface area (Å²) in [5, 5.41) is 1.97. The zero-order chi connectivity index (χ0) is 27.5. The van der Waals surface area contributed by atoms with Crippen molar-refractivity contribution < 1.29 is 0 Å². The molecule has 0 amide bonds. The molecule has 0 N–H and O–H groups in total. The Morgan fingerprint density at radius 3 is 1.74 bits per heavy atom. The quantitative estimate of drug-likeness (QED) is 0.308. The summed E-state index contributed by atoms with van der Waals surface area (Å²) in [6.07, 6.45) is 17.1. The Hall–Kier alpha value is -4.42. The number of rotatable bonds is 0. The van der Waals surface area contributed by atoms with Crippen molar-refractivity contribution in [3.8, 4) is 0 Å². The van der Waals surface area contributed by atoms with Gasteiger partial charge in [-0.25, -0.2) is 30.0 Å². The van der Waals surface area contributed by atoms with E-state index in [1.54, 1.807) is 0 Å². The number of aromatic nitrogens is 1. The van der Waals surface area contributed by atoms with Crippen molar-refractivity contribution in [2.75, 3.05) is 0 Å². The summed E-state index contributed by atoms with van der Waals surface area (Å²) >= 11 is -2.65. The van der Waals surface area contributed by atoms with Crippen molar-refractivity contribution in [3.63, 3.8) is 0 Å². The lowest BCUT2D eigenvalue weighted by atomic mass is 9.88. The van der Waals surface area contributed by atoms with Gasteiger partial charge in [0.15, 0.2) is 11.7 Å². The van der Waals surface area contributed by atoms with E-state index in [2.05, 4.69) is 80.3 Å². The van der Waals surface area contributed by atoms with Crippen LogP contribution in [0.15, 0.2) is 127 Å². The molecule has 198 valence electrons. The van der Waals surface area contributed by atoms with Crippen molar-refractivity contribution in [2.45, 2.75) is 0 Å². The van der Waals surface area contributed by atoms with Crippen molar-refractivity contribution >= 4 is 81.1 Å². The van der Waals surface area contributed by atoms with E-state index in [0.29, 0.717) is 11.7 Å². The Bertz CT molecular complexity index is 2100. The zero-order valence-corrected chi connectivity index (χ0v) is 24.0. The lowest BCUT2D eigenvalue weighted by molar-refractivity contribution is 0.751. The van der Waals surface area contributed by atoms with Crippen LogP contribution in [-0.4, -0.2) is 56.1 Å². The van der Waals surface area contributed by atoms with Gasteiger partial charge in [-0.05, 0) is 0 Å². The molecule has 4 atom stereocenters. The maximum Gasteiger partial charge on any atom is 0.721 e. The Morgan fingerprint density at radius 2 is 1.07 bits per heavy atom. The summed E-state index contributed by atoms with van der Waals surface area (Å²) in [7, 11) is 7.79. The van der Waals surface area contributed by atoms with Gasteiger partial charge in [-0.1, -0.05) is 97.1 Å². The lowest BCUT2D eigenvalue weighted by Crippen LogP contribution is -2.46. The molecule has 1 saturated heterocycles. The smallest absolute Gasteiger partial charge is 0.377 e. The number of fused-ring (bicyclic) bond motifs is 14. The van der Waals surface area contributed by atoms with Gasteiger partial charge in [-0.15, -0.1) is 0 Å². The van der Waals surface area contributed by atoms with Gasteiger partial charge < -0.3 is 7.43 Å². The highest BCUT2D eigenvalue weighted by molar-refractivity contribution is 7.07. The van der Waals surface area contributed by atoms with Gasteiger partial charge >= 0.3 is 13.7 Å². The van der Waals surface area contributed by atoms with Gasteiger partial charge in [-0.2, -0.15) is 10.0 Å². The summed E-state index contributed by atoms with van der Waals surface area (Å²) < 4.78 is 4.35. The standard InChI is InChI=1S/C32H20N8.Al.ClH/c1-2-10-18-17(9-1)25-33-26(18)38-28-21-13-5-6-14-22(21)30(35-28)40-32-24-16-8-7-15-23(24)31(36-32)39-29-20-12-4-3-11-19(20)27(34-29)37-25;;/h1-20H;;1H/q-2;+3;/p-1. The van der Waals surface area contributed by atoms with E-state index in [1.165, 1.54) is 0 Å². The Labute approximate surface area is 249 Å². The summed E-state index contributed by atoms with van der Waals surface area (Å²) in [6, 6.07) is 16.4. The fourth-order valence-electron chi connectivity index (χ4n) is 7.06. The minimum Gasteiger partial charge on any atom is -0.377 e. The Kier molecular flexibility index (Phi) is 4.60. The van der Waals surface area contributed by atoms with E-state index in [4.69, 9.17) is 40.0 Å². The molecule has 3 aromatic rings. The summed E-state index contributed by atoms with van der Waals surface area (Å²) in [4.78, 5) is 31.3. The highest BCUT2D eigenvalue weighted by Gasteiger charge is 2.52. The highest BCUT2D eigenvalue weighted by atomic mass is 35.6. The first-order valence-corrected chi connectivity index (χ1v) is 16.9. The van der Waals surface area contributed by atoms with Crippen molar-refractivity contribution in [2.24, 2.45) is 53.6 Å². The number of amidine groups is 6. The third kappa shape index (κ3) is 2.98. The molecule has 5 aliphatic heterocycles. The van der Waals surface area contributed by atoms with Gasteiger partial charge in [0.1, 0.15) is 23.3 Å². The van der Waals surface area contributed by atoms with Crippen molar-refractivity contribution in [1.29, 1.82) is 0 Å². The summed E-state index contributed by atoms with van der Waals surface area (Å²) in [5.41, 5.74) is 1.93. The predicted molar refractivity (Wildman–Crippen MR) is 170 cm³/mol. The minimum atomic E-state index is -2.65. The van der Waals surface area contributed by atoms with E-state index >= 15 is 0 Å². The van der Waals surface area contributed by atoms with E-state index in [0.717, 1.165) is 56.9 Å². The van der Waals surface area contributed by atoms with Crippen LogP contribution in [0.5, 0.6) is 0 Å². The molecule has 0 spiro atoms. The Morgan fingerprint density at radius 1 is 0.548 bits per heavy atom. The van der Waals surface area contributed by atoms with E-state index in [9.17, 15) is 0 Å². The summed E-state index contributed by atoms with van der Waals surface area (Å²) in [5.74, 6) is 6.02. The molecular formula is C32H20AlClN8. The van der Waals surface area contributed by atoms with Crippen LogP contribution >= 0.6 is 10.0 Å². The number of nitrogens with zero attached hydrogens (tertiary/aromatic N) is 8. The monoisotopic (exact) mass is 578 g/mol. The van der Waals surface area contributed by atoms with Gasteiger partial charge in [0, 0.05) is 33.7 Å². The number of aliphatic imine (C=N–C) groups is 6. The maximum absolute atomic E-state index is 7.79. The second-order valence-electron chi connectivity index (χ2n) is 11.2. The first-order valence-electron chi connectivity index (χ1n) is 14.1. The third-order valence-corrected chi connectivity index (χ3v) is 12.0. The molecule has 8 nitrogen and oxygen atoms in total. The molecule has 2 aromatic carbocycles. The SMILES string of the molecule is [Cl][Al]1[N]2C3=NC4=NC(=Nc5c6ccccc6c([n]51)N=C1N=C(N=C2C2C=CC=CC32)C2C=CC=CC12)c1ccccc14. The molecule has 4 unspecified atom stereocenters. The summed E-state index contributed by atoms with van der Waals surface area (Å²) in [6.45, 7) is 0. The molecule has 2 aliphatic carbocycles. The first kappa shape index (κ1) is 23.2. The normalized spacial score (nSPS) is 27.1. The molecule has 7 aliphatic rings. The molecule has 0 saturated carbocycles. The Balaban J connectivity index is 1.38. The zero-order valence-electron chi connectivity index (χ0n) is 22.1. The number of benzene rings is 2. The van der Waals surface area contributed by atoms with Gasteiger partial charge in [0.05, 0.1) is 23.5 Å². The van der Waals surface area contributed by atoms with Crippen molar-refractivity contribution in [3.05, 3.63) is 108 Å². The van der Waals surface area contributed by atoms with E-state index < -0.39 is 13.7 Å². The number of hydrogen-bond acceptors (Lipinski definition) is 7.